The number of rotatable bonds is 2. The quantitative estimate of drug-likeness (QED) is 0.811. The number of nitrogens with one attached hydrogen (secondary N) is 2. The van der Waals surface area contributed by atoms with E-state index in [1.54, 1.807) is 12.1 Å². The van der Waals surface area contributed by atoms with Crippen molar-refractivity contribution in [3.05, 3.63) is 26.7 Å². The Kier molecular flexibility index (Phi) is 4.31. The number of hydrogen-bond acceptors (Lipinski definition) is 2. The van der Waals surface area contributed by atoms with Gasteiger partial charge in [-0.15, -0.1) is 0 Å². The maximum absolute atomic E-state index is 11.9. The minimum atomic E-state index is -0.131. The number of carbonyl (C=O) groups is 1. The molecule has 1 aromatic rings. The fraction of sp³-hybridized carbons (Fsp3) is 0.364. The van der Waals surface area contributed by atoms with Crippen molar-refractivity contribution in [1.82, 2.24) is 5.32 Å². The molecule has 0 spiro atoms. The van der Waals surface area contributed by atoms with Crippen LogP contribution in [0.3, 0.4) is 0 Å². The summed E-state index contributed by atoms with van der Waals surface area (Å²) in [6.45, 7) is 0.882. The second-order valence-electron chi connectivity index (χ2n) is 3.86. The third-order valence-electron chi connectivity index (χ3n) is 2.67. The molecule has 3 nitrogen and oxygen atoms in total. The van der Waals surface area contributed by atoms with Crippen LogP contribution in [0.15, 0.2) is 16.6 Å². The summed E-state index contributed by atoms with van der Waals surface area (Å²) >= 11 is 15.3. The monoisotopic (exact) mass is 336 g/mol. The molecular weight excluding hydrogens is 327 g/mol. The van der Waals surface area contributed by atoms with E-state index in [0.29, 0.717) is 20.2 Å². The molecule has 6 heteroatoms. The van der Waals surface area contributed by atoms with Gasteiger partial charge in [-0.25, -0.2) is 0 Å². The zero-order valence-corrected chi connectivity index (χ0v) is 12.0. The molecule has 0 saturated carbocycles. The molecule has 0 aliphatic carbocycles. The lowest BCUT2D eigenvalue weighted by atomic mass is 10.2. The van der Waals surface area contributed by atoms with Crippen LogP contribution < -0.4 is 10.6 Å². The van der Waals surface area contributed by atoms with Gasteiger partial charge in [-0.2, -0.15) is 0 Å². The molecule has 1 atom stereocenters. The molecule has 1 heterocycles. The smallest absolute Gasteiger partial charge is 0.241 e. The van der Waals surface area contributed by atoms with Crippen molar-refractivity contribution in [1.29, 1.82) is 0 Å². The minimum absolute atomic E-state index is 0.0669. The highest BCUT2D eigenvalue weighted by Crippen LogP contribution is 2.35. The van der Waals surface area contributed by atoms with Crippen molar-refractivity contribution in [2.45, 2.75) is 18.9 Å². The molecule has 1 aliphatic heterocycles. The third-order valence-corrected chi connectivity index (χ3v) is 4.44. The van der Waals surface area contributed by atoms with Crippen LogP contribution in [-0.2, 0) is 4.79 Å². The summed E-state index contributed by atoms with van der Waals surface area (Å²) in [5.74, 6) is -0.0669. The van der Waals surface area contributed by atoms with E-state index >= 15 is 0 Å². The molecule has 1 unspecified atom stereocenters. The lowest BCUT2D eigenvalue weighted by Gasteiger charge is -2.13. The standard InChI is InChI=1S/C11H11BrCl2N2O/c12-6-3-4-7(10(14)9(6)13)16-11(17)8-2-1-5-15-8/h3-4,8,15H,1-2,5H2,(H,16,17). The molecule has 1 saturated heterocycles. The molecule has 0 aromatic heterocycles. The summed E-state index contributed by atoms with van der Waals surface area (Å²) in [4.78, 5) is 11.9. The highest BCUT2D eigenvalue weighted by molar-refractivity contribution is 9.10. The Labute approximate surface area is 118 Å². The summed E-state index contributed by atoms with van der Waals surface area (Å²) in [6.07, 6.45) is 1.88. The van der Waals surface area contributed by atoms with Gasteiger partial charge in [0, 0.05) is 4.47 Å². The normalized spacial score (nSPS) is 19.4. The van der Waals surface area contributed by atoms with Crippen LogP contribution in [0.5, 0.6) is 0 Å². The van der Waals surface area contributed by atoms with Gasteiger partial charge in [0.2, 0.25) is 5.91 Å². The SMILES string of the molecule is O=C(Nc1ccc(Br)c(Cl)c1Cl)C1CCCN1. The fourth-order valence-corrected chi connectivity index (χ4v) is 2.57. The van der Waals surface area contributed by atoms with Crippen molar-refractivity contribution in [3.63, 3.8) is 0 Å². The van der Waals surface area contributed by atoms with E-state index in [2.05, 4.69) is 26.6 Å². The number of amides is 1. The lowest BCUT2D eigenvalue weighted by molar-refractivity contribution is -0.117. The van der Waals surface area contributed by atoms with Crippen LogP contribution in [0.1, 0.15) is 12.8 Å². The van der Waals surface area contributed by atoms with Gasteiger partial charge in [0.05, 0.1) is 21.8 Å². The second kappa shape index (κ2) is 5.57. The molecule has 1 aliphatic rings. The third kappa shape index (κ3) is 2.94. The fourth-order valence-electron chi connectivity index (χ4n) is 1.75. The van der Waals surface area contributed by atoms with Crippen LogP contribution in [0.4, 0.5) is 5.69 Å². The van der Waals surface area contributed by atoms with Crippen LogP contribution >= 0.6 is 39.1 Å². The maximum Gasteiger partial charge on any atom is 0.241 e. The average Bonchev–Trinajstić information content (AvgIpc) is 2.83. The van der Waals surface area contributed by atoms with Gasteiger partial charge in [-0.3, -0.25) is 4.79 Å². The van der Waals surface area contributed by atoms with E-state index < -0.39 is 0 Å². The van der Waals surface area contributed by atoms with E-state index in [1.165, 1.54) is 0 Å². The first-order valence-electron chi connectivity index (χ1n) is 5.27. The maximum atomic E-state index is 11.9. The number of carbonyl (C=O) groups excluding carboxylic acids is 1. The van der Waals surface area contributed by atoms with Crippen LogP contribution in [0.2, 0.25) is 10.0 Å². The Balaban J connectivity index is 2.13. The Hall–Kier alpha value is -0.290. The predicted octanol–water partition coefficient (Wildman–Crippen LogP) is 3.45. The molecule has 1 amide bonds. The molecule has 2 rings (SSSR count). The van der Waals surface area contributed by atoms with Gasteiger partial charge in [-0.05, 0) is 47.4 Å². The van der Waals surface area contributed by atoms with Gasteiger partial charge in [0.1, 0.15) is 0 Å². The molecule has 1 aromatic carbocycles. The number of halogens is 3. The van der Waals surface area contributed by atoms with E-state index in [9.17, 15) is 4.79 Å². The zero-order valence-electron chi connectivity index (χ0n) is 8.90. The first-order chi connectivity index (χ1) is 8.09. The van der Waals surface area contributed by atoms with E-state index in [4.69, 9.17) is 23.2 Å². The Morgan fingerprint density at radius 3 is 2.82 bits per heavy atom. The lowest BCUT2D eigenvalue weighted by Crippen LogP contribution is -2.35. The first kappa shape index (κ1) is 13.1. The molecule has 0 bridgehead atoms. The van der Waals surface area contributed by atoms with E-state index in [1.807, 2.05) is 0 Å². The summed E-state index contributed by atoms with van der Waals surface area (Å²) in [7, 11) is 0. The highest BCUT2D eigenvalue weighted by atomic mass is 79.9. The number of anilines is 1. The Morgan fingerprint density at radius 2 is 2.18 bits per heavy atom. The minimum Gasteiger partial charge on any atom is -0.323 e. The average molecular weight is 338 g/mol. The van der Waals surface area contributed by atoms with Gasteiger partial charge < -0.3 is 10.6 Å². The van der Waals surface area contributed by atoms with Gasteiger partial charge >= 0.3 is 0 Å². The summed E-state index contributed by atoms with van der Waals surface area (Å²) in [6, 6.07) is 3.35. The van der Waals surface area contributed by atoms with Crippen molar-refractivity contribution >= 4 is 50.7 Å². The van der Waals surface area contributed by atoms with Gasteiger partial charge in [0.25, 0.3) is 0 Å². The van der Waals surface area contributed by atoms with Crippen LogP contribution in [0.25, 0.3) is 0 Å². The Bertz CT molecular complexity index is 447. The summed E-state index contributed by atoms with van der Waals surface area (Å²) in [5.41, 5.74) is 0.540. The highest BCUT2D eigenvalue weighted by Gasteiger charge is 2.22. The van der Waals surface area contributed by atoms with E-state index in [0.717, 1.165) is 19.4 Å². The first-order valence-corrected chi connectivity index (χ1v) is 6.82. The molecule has 17 heavy (non-hydrogen) atoms. The van der Waals surface area contributed by atoms with Crippen molar-refractivity contribution < 1.29 is 4.79 Å². The second-order valence-corrected chi connectivity index (χ2v) is 5.47. The van der Waals surface area contributed by atoms with Gasteiger partial charge in [0.15, 0.2) is 0 Å². The largest absolute Gasteiger partial charge is 0.323 e. The molecule has 92 valence electrons. The van der Waals surface area contributed by atoms with Crippen molar-refractivity contribution in [2.75, 3.05) is 11.9 Å². The van der Waals surface area contributed by atoms with Crippen molar-refractivity contribution in [3.8, 4) is 0 Å². The van der Waals surface area contributed by atoms with Crippen LogP contribution in [-0.4, -0.2) is 18.5 Å². The van der Waals surface area contributed by atoms with Crippen molar-refractivity contribution in [2.24, 2.45) is 0 Å². The van der Waals surface area contributed by atoms with Gasteiger partial charge in [-0.1, -0.05) is 23.2 Å². The molecule has 0 radical (unpaired) electrons. The summed E-state index contributed by atoms with van der Waals surface area (Å²) < 4.78 is 0.709. The van der Waals surface area contributed by atoms with E-state index in [-0.39, 0.29) is 11.9 Å². The Morgan fingerprint density at radius 1 is 1.41 bits per heavy atom. The van der Waals surface area contributed by atoms with Crippen LogP contribution in [0, 0.1) is 0 Å². The summed E-state index contributed by atoms with van der Waals surface area (Å²) in [5, 5.41) is 6.67. The molecular formula is C11H11BrCl2N2O. The molecule has 1 fully saturated rings. The molecule has 2 N–H and O–H groups in total. The number of hydrogen-bond donors (Lipinski definition) is 2. The zero-order chi connectivity index (χ0) is 12.4. The topological polar surface area (TPSA) is 41.1 Å². The predicted molar refractivity (Wildman–Crippen MR) is 73.8 cm³/mol. The number of benzene rings is 1.